The predicted octanol–water partition coefficient (Wildman–Crippen LogP) is 0.859. The fourth-order valence-electron chi connectivity index (χ4n) is 2.97. The Morgan fingerprint density at radius 2 is 2.07 bits per heavy atom. The number of carbonyl (C=O) groups is 2. The number of amides is 1. The molecule has 2 aromatic heterocycles. The number of ether oxygens (including phenoxy) is 1. The van der Waals surface area contributed by atoms with Crippen LogP contribution in [0, 0.1) is 6.92 Å². The Morgan fingerprint density at radius 3 is 2.75 bits per heavy atom. The van der Waals surface area contributed by atoms with Crippen molar-refractivity contribution in [2.24, 2.45) is 7.05 Å². The van der Waals surface area contributed by atoms with Crippen LogP contribution in [0.1, 0.15) is 23.7 Å². The average molecular weight is 383 g/mol. The number of imidazole rings is 1. The number of nitrogens with one attached hydrogen (secondary N) is 1. The second-order valence-electron chi connectivity index (χ2n) is 6.42. The maximum absolute atomic E-state index is 12.6. The summed E-state index contributed by atoms with van der Waals surface area (Å²) >= 11 is 0. The van der Waals surface area contributed by atoms with E-state index in [4.69, 9.17) is 4.74 Å². The first-order valence-corrected chi connectivity index (χ1v) is 8.70. The molecule has 3 aromatic rings. The number of carbonyl (C=O) groups excluding carboxylic acids is 2. The Kier molecular flexibility index (Phi) is 5.53. The van der Waals surface area contributed by atoms with E-state index in [0.717, 1.165) is 5.56 Å². The fraction of sp³-hybridized carbons (Fsp3) is 0.316. The lowest BCUT2D eigenvalue weighted by molar-refractivity contribution is -0.145. The molecule has 9 heteroatoms. The van der Waals surface area contributed by atoms with Gasteiger partial charge < -0.3 is 14.6 Å². The van der Waals surface area contributed by atoms with Crippen LogP contribution in [0.15, 0.2) is 41.8 Å². The van der Waals surface area contributed by atoms with Crippen LogP contribution in [0.4, 0.5) is 0 Å². The van der Waals surface area contributed by atoms with E-state index in [1.165, 1.54) is 30.5 Å². The first-order chi connectivity index (χ1) is 13.4. The predicted molar refractivity (Wildman–Crippen MR) is 101 cm³/mol. The second kappa shape index (κ2) is 8.03. The highest BCUT2D eigenvalue weighted by molar-refractivity contribution is 5.85. The van der Waals surface area contributed by atoms with Crippen molar-refractivity contribution in [2.75, 3.05) is 7.11 Å². The summed E-state index contributed by atoms with van der Waals surface area (Å²) in [6.07, 6.45) is 4.45. The van der Waals surface area contributed by atoms with Gasteiger partial charge >= 0.3 is 5.97 Å². The second-order valence-corrected chi connectivity index (χ2v) is 6.42. The highest BCUT2D eigenvalue weighted by Gasteiger charge is 2.26. The number of benzene rings is 1. The lowest BCUT2D eigenvalue weighted by Gasteiger charge is -2.17. The number of nitrogens with zero attached hydrogens (tertiary/aromatic N) is 4. The number of hydrogen-bond acceptors (Lipinski definition) is 6. The molecule has 1 N–H and O–H groups in total. The summed E-state index contributed by atoms with van der Waals surface area (Å²) in [6, 6.07) is 4.42. The largest absolute Gasteiger partial charge is 0.467 e. The van der Waals surface area contributed by atoms with Gasteiger partial charge in [-0.3, -0.25) is 14.2 Å². The monoisotopic (exact) mass is 383 g/mol. The quantitative estimate of drug-likeness (QED) is 0.633. The SMILES string of the molecule is COC(=O)[C@@H](NC(=O)CCn1cnc2c(C)cccc2c1=O)c1cncn1C. The first-order valence-electron chi connectivity index (χ1n) is 8.70. The zero-order valence-corrected chi connectivity index (χ0v) is 15.9. The van der Waals surface area contributed by atoms with Crippen LogP contribution in [0.3, 0.4) is 0 Å². The highest BCUT2D eigenvalue weighted by Crippen LogP contribution is 2.14. The van der Waals surface area contributed by atoms with E-state index in [9.17, 15) is 14.4 Å². The summed E-state index contributed by atoms with van der Waals surface area (Å²) in [5.41, 5.74) is 1.85. The maximum atomic E-state index is 12.6. The van der Waals surface area contributed by atoms with Crippen LogP contribution < -0.4 is 10.9 Å². The molecule has 9 nitrogen and oxygen atoms in total. The van der Waals surface area contributed by atoms with Gasteiger partial charge in [-0.15, -0.1) is 0 Å². The Hall–Kier alpha value is -3.49. The average Bonchev–Trinajstić information content (AvgIpc) is 3.11. The van der Waals surface area contributed by atoms with Crippen LogP contribution in [-0.2, 0) is 27.9 Å². The zero-order valence-electron chi connectivity index (χ0n) is 15.9. The molecule has 0 saturated heterocycles. The van der Waals surface area contributed by atoms with Gasteiger partial charge in [0.2, 0.25) is 5.91 Å². The summed E-state index contributed by atoms with van der Waals surface area (Å²) in [5.74, 6) is -0.996. The molecule has 2 heterocycles. The summed E-state index contributed by atoms with van der Waals surface area (Å²) in [4.78, 5) is 45.3. The first kappa shape index (κ1) is 19.3. The number of para-hydroxylation sites is 1. The molecule has 28 heavy (non-hydrogen) atoms. The van der Waals surface area contributed by atoms with Gasteiger partial charge in [-0.25, -0.2) is 14.8 Å². The normalized spacial score (nSPS) is 12.0. The molecule has 3 rings (SSSR count). The van der Waals surface area contributed by atoms with E-state index in [1.54, 1.807) is 23.7 Å². The third-order valence-electron chi connectivity index (χ3n) is 4.53. The number of fused-ring (bicyclic) bond motifs is 1. The van der Waals surface area contributed by atoms with Crippen molar-refractivity contribution in [2.45, 2.75) is 25.9 Å². The van der Waals surface area contributed by atoms with Crippen molar-refractivity contribution in [3.8, 4) is 0 Å². The lowest BCUT2D eigenvalue weighted by Crippen LogP contribution is -2.36. The smallest absolute Gasteiger partial charge is 0.334 e. The van der Waals surface area contributed by atoms with Gasteiger partial charge in [-0.05, 0) is 18.6 Å². The third-order valence-corrected chi connectivity index (χ3v) is 4.53. The van der Waals surface area contributed by atoms with Crippen LogP contribution >= 0.6 is 0 Å². The van der Waals surface area contributed by atoms with Crippen molar-refractivity contribution in [3.63, 3.8) is 0 Å². The Balaban J connectivity index is 1.74. The molecular weight excluding hydrogens is 362 g/mol. The molecule has 1 atom stereocenters. The van der Waals surface area contributed by atoms with E-state index >= 15 is 0 Å². The summed E-state index contributed by atoms with van der Waals surface area (Å²) < 4.78 is 7.79. The molecule has 0 fully saturated rings. The van der Waals surface area contributed by atoms with Crippen molar-refractivity contribution in [1.29, 1.82) is 0 Å². The molecule has 0 aliphatic rings. The molecule has 0 unspecified atom stereocenters. The van der Waals surface area contributed by atoms with Crippen LogP contribution in [0.25, 0.3) is 10.9 Å². The number of methoxy groups -OCH3 is 1. The third kappa shape index (κ3) is 3.78. The highest BCUT2D eigenvalue weighted by atomic mass is 16.5. The van der Waals surface area contributed by atoms with Crippen LogP contribution in [0.2, 0.25) is 0 Å². The van der Waals surface area contributed by atoms with Crippen molar-refractivity contribution in [3.05, 3.63) is 58.7 Å². The number of hydrogen-bond donors (Lipinski definition) is 1. The van der Waals surface area contributed by atoms with Crippen molar-refractivity contribution < 1.29 is 14.3 Å². The van der Waals surface area contributed by atoms with Crippen molar-refractivity contribution in [1.82, 2.24) is 24.4 Å². The van der Waals surface area contributed by atoms with Crippen molar-refractivity contribution >= 4 is 22.8 Å². The minimum Gasteiger partial charge on any atom is -0.467 e. The minimum atomic E-state index is -0.973. The molecular formula is C19H21N5O4. The van der Waals surface area contributed by atoms with Gasteiger partial charge in [0.25, 0.3) is 5.56 Å². The number of esters is 1. The molecule has 0 saturated carbocycles. The van der Waals surface area contributed by atoms with E-state index in [2.05, 4.69) is 15.3 Å². The standard InChI is InChI=1S/C19H21N5O4/c1-12-5-4-6-13-16(12)21-11-24(18(13)26)8-7-15(25)22-17(19(27)28-3)14-9-20-10-23(14)2/h4-6,9-11,17H,7-8H2,1-3H3,(H,22,25)/t17-/m0/s1. The van der Waals surface area contributed by atoms with E-state index < -0.39 is 17.9 Å². The summed E-state index contributed by atoms with van der Waals surface area (Å²) in [5, 5.41) is 3.14. The van der Waals surface area contributed by atoms with Crippen LogP contribution in [-0.4, -0.2) is 38.1 Å². The minimum absolute atomic E-state index is 0.00422. The molecule has 0 aliphatic carbocycles. The van der Waals surface area contributed by atoms with Gasteiger partial charge in [0, 0.05) is 20.0 Å². The Morgan fingerprint density at radius 1 is 1.29 bits per heavy atom. The molecule has 1 amide bonds. The molecule has 146 valence electrons. The van der Waals surface area contributed by atoms with E-state index in [-0.39, 0.29) is 18.5 Å². The zero-order chi connectivity index (χ0) is 20.3. The molecule has 0 aliphatic heterocycles. The number of rotatable bonds is 6. The van der Waals surface area contributed by atoms with Gasteiger partial charge in [0.1, 0.15) is 0 Å². The molecule has 0 radical (unpaired) electrons. The molecule has 0 spiro atoms. The van der Waals surface area contributed by atoms with Gasteiger partial charge in [-0.1, -0.05) is 12.1 Å². The summed E-state index contributed by atoms with van der Waals surface area (Å²) in [6.45, 7) is 2.03. The fourth-order valence-corrected chi connectivity index (χ4v) is 2.97. The van der Waals surface area contributed by atoms with Gasteiger partial charge in [-0.2, -0.15) is 0 Å². The summed E-state index contributed by atoms with van der Waals surface area (Å²) in [7, 11) is 2.97. The number of aryl methyl sites for hydroxylation is 3. The van der Waals surface area contributed by atoms with Gasteiger partial charge in [0.15, 0.2) is 6.04 Å². The molecule has 0 bridgehead atoms. The Labute approximate surface area is 161 Å². The Bertz CT molecular complexity index is 1090. The van der Waals surface area contributed by atoms with E-state index in [1.807, 2.05) is 13.0 Å². The van der Waals surface area contributed by atoms with Gasteiger partial charge in [0.05, 0.1) is 42.6 Å². The lowest BCUT2D eigenvalue weighted by atomic mass is 10.1. The van der Waals surface area contributed by atoms with Crippen LogP contribution in [0.5, 0.6) is 0 Å². The maximum Gasteiger partial charge on any atom is 0.334 e. The van der Waals surface area contributed by atoms with E-state index in [0.29, 0.717) is 16.6 Å². The topological polar surface area (TPSA) is 108 Å². The molecule has 1 aromatic carbocycles. The number of aromatic nitrogens is 4.